The Balaban J connectivity index is 1.82. The molecule has 0 fully saturated rings. The maximum atomic E-state index is 11.2. The molecule has 0 saturated carbocycles. The molecule has 3 N–H and O–H groups in total. The third-order valence-electron chi connectivity index (χ3n) is 5.38. The van der Waals surface area contributed by atoms with Gasteiger partial charge in [-0.25, -0.2) is 9.78 Å². The van der Waals surface area contributed by atoms with Crippen molar-refractivity contribution in [1.29, 1.82) is 10.5 Å². The molecule has 32 heavy (non-hydrogen) atoms. The minimum atomic E-state index is -1.11. The van der Waals surface area contributed by atoms with E-state index in [9.17, 15) is 15.3 Å². The number of anilines is 1. The second-order valence-corrected chi connectivity index (χ2v) is 7.61. The van der Waals surface area contributed by atoms with Gasteiger partial charge in [0.25, 0.3) is 0 Å². The number of hydrogen-bond donors (Lipinski definition) is 2. The molecule has 0 spiro atoms. The summed E-state index contributed by atoms with van der Waals surface area (Å²) in [7, 11) is 0. The van der Waals surface area contributed by atoms with Gasteiger partial charge in [0.2, 0.25) is 0 Å². The molecule has 4 rings (SSSR count). The summed E-state index contributed by atoms with van der Waals surface area (Å²) in [5.41, 5.74) is 10.4. The van der Waals surface area contributed by atoms with Crippen molar-refractivity contribution in [2.24, 2.45) is 0 Å². The van der Waals surface area contributed by atoms with Crippen LogP contribution in [0.4, 0.5) is 5.82 Å². The summed E-state index contributed by atoms with van der Waals surface area (Å²) in [6, 6.07) is 12.3. The Bertz CT molecular complexity index is 1470. The van der Waals surface area contributed by atoms with E-state index in [-0.39, 0.29) is 22.0 Å². The maximum absolute atomic E-state index is 11.2. The van der Waals surface area contributed by atoms with Gasteiger partial charge in [-0.3, -0.25) is 0 Å². The fraction of sp³-hybridized carbons (Fsp3) is 0.0833. The molecule has 0 aliphatic heterocycles. The quantitative estimate of drug-likeness (QED) is 0.560. The van der Waals surface area contributed by atoms with Crippen molar-refractivity contribution < 1.29 is 14.3 Å². The molecule has 1 aliphatic carbocycles. The summed E-state index contributed by atoms with van der Waals surface area (Å²) >= 11 is 6.07. The lowest BCUT2D eigenvalue weighted by molar-refractivity contribution is 0.0697. The van der Waals surface area contributed by atoms with Gasteiger partial charge < -0.3 is 15.3 Å². The molecular formula is C24H15ClN4O3. The largest absolute Gasteiger partial charge is 0.478 e. The number of carboxylic acid groups (broad SMARTS) is 1. The zero-order chi connectivity index (χ0) is 23.2. The molecule has 0 unspecified atom stereocenters. The van der Waals surface area contributed by atoms with Gasteiger partial charge in [-0.05, 0) is 60.9 Å². The number of fused-ring (bicyclic) bond motifs is 1. The Morgan fingerprint density at radius 2 is 1.97 bits per heavy atom. The number of rotatable bonds is 3. The standard InChI is InChI=1S/C24H15ClN4O3/c1-11-16(21-12(2)18(10-27)23(28)29-22(21)17(11)9-26)8-14-4-6-20(32-14)13-3-5-15(24(30)31)19(25)7-13/h3-8H,1-2H3,(H2,28,29)(H,30,31). The molecule has 0 radical (unpaired) electrons. The second-order valence-electron chi connectivity index (χ2n) is 7.20. The predicted molar refractivity (Wildman–Crippen MR) is 120 cm³/mol. The molecule has 0 amide bonds. The van der Waals surface area contributed by atoms with E-state index in [0.717, 1.165) is 5.57 Å². The number of carboxylic acids is 1. The lowest BCUT2D eigenvalue weighted by Gasteiger charge is -2.10. The SMILES string of the molecule is CC1=C(C#N)c2nc(N)c(C#N)c(C)c2C1=Cc1ccc(-c2ccc(C(=O)O)c(Cl)c2)o1. The highest BCUT2D eigenvalue weighted by Crippen LogP contribution is 2.44. The fourth-order valence-corrected chi connectivity index (χ4v) is 4.03. The Morgan fingerprint density at radius 3 is 2.59 bits per heavy atom. The summed E-state index contributed by atoms with van der Waals surface area (Å²) in [6.07, 6.45) is 1.78. The van der Waals surface area contributed by atoms with Crippen molar-refractivity contribution in [1.82, 2.24) is 4.98 Å². The molecule has 8 heteroatoms. The lowest BCUT2D eigenvalue weighted by Crippen LogP contribution is -2.03. The molecule has 2 heterocycles. The van der Waals surface area contributed by atoms with E-state index in [0.29, 0.717) is 45.1 Å². The third-order valence-corrected chi connectivity index (χ3v) is 5.69. The van der Waals surface area contributed by atoms with Gasteiger partial charge in [0.05, 0.1) is 27.4 Å². The number of benzene rings is 1. The lowest BCUT2D eigenvalue weighted by atomic mass is 9.96. The normalized spacial score (nSPS) is 13.7. The smallest absolute Gasteiger partial charge is 0.337 e. The Hall–Kier alpha value is -4.33. The molecule has 1 aliphatic rings. The zero-order valence-electron chi connectivity index (χ0n) is 17.0. The van der Waals surface area contributed by atoms with Gasteiger partial charge in [-0.1, -0.05) is 17.7 Å². The van der Waals surface area contributed by atoms with Crippen LogP contribution in [-0.2, 0) is 0 Å². The molecular weight excluding hydrogens is 428 g/mol. The van der Waals surface area contributed by atoms with Crippen LogP contribution in [0.2, 0.25) is 5.02 Å². The number of nitrogen functional groups attached to an aromatic ring is 1. The van der Waals surface area contributed by atoms with Crippen LogP contribution >= 0.6 is 11.6 Å². The third kappa shape index (κ3) is 3.22. The second kappa shape index (κ2) is 7.73. The number of halogens is 1. The van der Waals surface area contributed by atoms with E-state index in [1.54, 1.807) is 31.2 Å². The molecule has 0 saturated heterocycles. The van der Waals surface area contributed by atoms with E-state index in [1.807, 2.05) is 6.92 Å². The van der Waals surface area contributed by atoms with E-state index in [1.165, 1.54) is 12.1 Å². The van der Waals surface area contributed by atoms with Crippen LogP contribution in [0.25, 0.3) is 28.5 Å². The minimum absolute atomic E-state index is 0.00668. The maximum Gasteiger partial charge on any atom is 0.337 e. The number of nitrogens with zero attached hydrogens (tertiary/aromatic N) is 3. The first-order chi connectivity index (χ1) is 15.3. The average Bonchev–Trinajstić information content (AvgIpc) is 3.31. The molecule has 1 aromatic carbocycles. The number of aromatic nitrogens is 1. The number of nitrogens with two attached hydrogens (primary N) is 1. The number of aromatic carboxylic acids is 1. The van der Waals surface area contributed by atoms with Gasteiger partial charge in [0, 0.05) is 11.1 Å². The molecule has 3 aromatic rings. The van der Waals surface area contributed by atoms with Crippen molar-refractivity contribution in [2.45, 2.75) is 13.8 Å². The van der Waals surface area contributed by atoms with E-state index in [2.05, 4.69) is 17.1 Å². The Morgan fingerprint density at radius 1 is 1.22 bits per heavy atom. The monoisotopic (exact) mass is 442 g/mol. The first-order valence-electron chi connectivity index (χ1n) is 9.43. The Labute approximate surface area is 188 Å². The van der Waals surface area contributed by atoms with Crippen molar-refractivity contribution >= 4 is 40.6 Å². The summed E-state index contributed by atoms with van der Waals surface area (Å²) in [6.45, 7) is 3.58. The van der Waals surface area contributed by atoms with Crippen LogP contribution in [0.1, 0.15) is 45.4 Å². The average molecular weight is 443 g/mol. The van der Waals surface area contributed by atoms with Crippen LogP contribution < -0.4 is 5.73 Å². The highest BCUT2D eigenvalue weighted by molar-refractivity contribution is 6.33. The van der Waals surface area contributed by atoms with Gasteiger partial charge in [-0.2, -0.15) is 10.5 Å². The topological polar surface area (TPSA) is 137 Å². The molecule has 2 aromatic heterocycles. The van der Waals surface area contributed by atoms with Crippen molar-refractivity contribution in [3.8, 4) is 23.5 Å². The van der Waals surface area contributed by atoms with E-state index < -0.39 is 5.97 Å². The number of carbonyl (C=O) groups is 1. The number of nitriles is 2. The number of hydrogen-bond acceptors (Lipinski definition) is 6. The minimum Gasteiger partial charge on any atom is -0.478 e. The summed E-state index contributed by atoms with van der Waals surface area (Å²) in [5.74, 6) is -0.00989. The number of allylic oxidation sites excluding steroid dienone is 3. The van der Waals surface area contributed by atoms with E-state index >= 15 is 0 Å². The van der Waals surface area contributed by atoms with Gasteiger partial charge >= 0.3 is 5.97 Å². The first kappa shape index (κ1) is 20.9. The van der Waals surface area contributed by atoms with E-state index in [4.69, 9.17) is 26.9 Å². The van der Waals surface area contributed by atoms with Crippen LogP contribution in [0.3, 0.4) is 0 Å². The molecule has 0 atom stereocenters. The summed E-state index contributed by atoms with van der Waals surface area (Å²) in [5, 5.41) is 28.4. The Kier molecular flexibility index (Phi) is 5.06. The summed E-state index contributed by atoms with van der Waals surface area (Å²) in [4.78, 5) is 15.5. The fourth-order valence-electron chi connectivity index (χ4n) is 3.77. The van der Waals surface area contributed by atoms with Gasteiger partial charge in [0.15, 0.2) is 0 Å². The highest BCUT2D eigenvalue weighted by Gasteiger charge is 2.30. The van der Waals surface area contributed by atoms with Crippen LogP contribution in [-0.4, -0.2) is 16.1 Å². The van der Waals surface area contributed by atoms with Crippen LogP contribution in [0.5, 0.6) is 0 Å². The van der Waals surface area contributed by atoms with Crippen LogP contribution in [0, 0.1) is 29.6 Å². The molecule has 0 bridgehead atoms. The number of furan rings is 1. The first-order valence-corrected chi connectivity index (χ1v) is 9.81. The van der Waals surface area contributed by atoms with Crippen LogP contribution in [0.15, 0.2) is 40.3 Å². The van der Waals surface area contributed by atoms with Crippen molar-refractivity contribution in [3.05, 3.63) is 74.6 Å². The predicted octanol–water partition coefficient (Wildman–Crippen LogP) is 5.31. The van der Waals surface area contributed by atoms with Crippen molar-refractivity contribution in [3.63, 3.8) is 0 Å². The molecule has 156 valence electrons. The summed E-state index contributed by atoms with van der Waals surface area (Å²) < 4.78 is 5.94. The molecule has 7 nitrogen and oxygen atoms in total. The number of pyridine rings is 1. The highest BCUT2D eigenvalue weighted by atomic mass is 35.5. The van der Waals surface area contributed by atoms with Crippen molar-refractivity contribution in [2.75, 3.05) is 5.73 Å². The van der Waals surface area contributed by atoms with Gasteiger partial charge in [0.1, 0.15) is 29.5 Å². The zero-order valence-corrected chi connectivity index (χ0v) is 17.8. The van der Waals surface area contributed by atoms with Gasteiger partial charge in [-0.15, -0.1) is 0 Å².